The SMILES string of the molecule is CN1CCN(CCOc2cccc(N3C(=O)/C(=C/c4ccc(Oc5ccc(C(N)=O)cc5)cc4)SC3=S)c2)CC1. The second-order valence-corrected chi connectivity index (χ2v) is 11.2. The van der Waals surface area contributed by atoms with Crippen LogP contribution in [0.4, 0.5) is 5.69 Å². The number of anilines is 1. The molecule has 0 radical (unpaired) electrons. The summed E-state index contributed by atoms with van der Waals surface area (Å²) in [6.07, 6.45) is 1.82. The van der Waals surface area contributed by atoms with E-state index in [1.165, 1.54) is 11.8 Å². The molecule has 0 saturated carbocycles. The van der Waals surface area contributed by atoms with Crippen molar-refractivity contribution in [2.45, 2.75) is 0 Å². The van der Waals surface area contributed by atoms with E-state index >= 15 is 0 Å². The fourth-order valence-corrected chi connectivity index (χ4v) is 5.67. The topological polar surface area (TPSA) is 88.3 Å². The van der Waals surface area contributed by atoms with Gasteiger partial charge in [-0.15, -0.1) is 0 Å². The molecule has 2 aliphatic heterocycles. The lowest BCUT2D eigenvalue weighted by atomic mass is 10.2. The molecule has 0 atom stereocenters. The van der Waals surface area contributed by atoms with E-state index < -0.39 is 5.91 Å². The highest BCUT2D eigenvalue weighted by atomic mass is 32.2. The van der Waals surface area contributed by atoms with Crippen molar-refractivity contribution in [2.75, 3.05) is 51.3 Å². The normalized spacial score (nSPS) is 17.4. The Bertz CT molecular complexity index is 1420. The van der Waals surface area contributed by atoms with E-state index in [9.17, 15) is 9.59 Å². The van der Waals surface area contributed by atoms with Gasteiger partial charge in [-0.1, -0.05) is 42.2 Å². The van der Waals surface area contributed by atoms with Gasteiger partial charge in [-0.2, -0.15) is 0 Å². The van der Waals surface area contributed by atoms with Crippen LogP contribution in [0.1, 0.15) is 15.9 Å². The van der Waals surface area contributed by atoms with E-state index in [2.05, 4.69) is 16.8 Å². The van der Waals surface area contributed by atoms with Gasteiger partial charge < -0.3 is 20.1 Å². The Morgan fingerprint density at radius 3 is 2.33 bits per heavy atom. The highest BCUT2D eigenvalue weighted by Crippen LogP contribution is 2.37. The number of nitrogens with two attached hydrogens (primary N) is 1. The van der Waals surface area contributed by atoms with Crippen LogP contribution < -0.4 is 20.1 Å². The molecule has 2 N–H and O–H groups in total. The zero-order valence-electron chi connectivity index (χ0n) is 22.1. The highest BCUT2D eigenvalue weighted by Gasteiger charge is 2.33. The smallest absolute Gasteiger partial charge is 0.270 e. The summed E-state index contributed by atoms with van der Waals surface area (Å²) < 4.78 is 12.3. The molecular weight excluding hydrogens is 544 g/mol. The first-order chi connectivity index (χ1) is 19.4. The molecule has 40 heavy (non-hydrogen) atoms. The Balaban J connectivity index is 1.20. The van der Waals surface area contributed by atoms with Crippen LogP contribution in [-0.4, -0.2) is 72.3 Å². The van der Waals surface area contributed by atoms with Crippen LogP contribution >= 0.6 is 24.0 Å². The molecule has 2 saturated heterocycles. The zero-order chi connectivity index (χ0) is 28.1. The number of piperazine rings is 1. The number of benzene rings is 3. The minimum absolute atomic E-state index is 0.167. The van der Waals surface area contributed by atoms with Crippen molar-refractivity contribution in [3.8, 4) is 17.2 Å². The van der Waals surface area contributed by atoms with E-state index in [1.807, 2.05) is 54.6 Å². The largest absolute Gasteiger partial charge is 0.492 e. The van der Waals surface area contributed by atoms with E-state index in [1.54, 1.807) is 29.2 Å². The number of rotatable bonds is 9. The molecule has 0 unspecified atom stereocenters. The van der Waals surface area contributed by atoms with Crippen LogP contribution in [0.2, 0.25) is 0 Å². The number of thiocarbonyl (C=S) groups is 1. The monoisotopic (exact) mass is 574 g/mol. The number of thioether (sulfide) groups is 1. The van der Waals surface area contributed by atoms with E-state index in [4.69, 9.17) is 27.4 Å². The first kappa shape index (κ1) is 27.9. The molecule has 8 nitrogen and oxygen atoms in total. The van der Waals surface area contributed by atoms with Crippen LogP contribution in [0.25, 0.3) is 6.08 Å². The van der Waals surface area contributed by atoms with Crippen molar-refractivity contribution in [3.05, 3.63) is 88.8 Å². The summed E-state index contributed by atoms with van der Waals surface area (Å²) in [5.74, 6) is 1.27. The van der Waals surface area contributed by atoms with Crippen LogP contribution in [0.3, 0.4) is 0 Å². The van der Waals surface area contributed by atoms with Crippen molar-refractivity contribution in [1.29, 1.82) is 0 Å². The van der Waals surface area contributed by atoms with Crippen molar-refractivity contribution in [1.82, 2.24) is 9.80 Å². The van der Waals surface area contributed by atoms with Gasteiger partial charge in [0.1, 0.15) is 23.9 Å². The first-order valence-corrected chi connectivity index (χ1v) is 14.2. The maximum atomic E-state index is 13.3. The predicted octanol–water partition coefficient (Wildman–Crippen LogP) is 4.61. The van der Waals surface area contributed by atoms with Crippen LogP contribution in [-0.2, 0) is 4.79 Å². The van der Waals surface area contributed by atoms with E-state index in [0.717, 1.165) is 38.3 Å². The number of likely N-dealkylation sites (N-methyl/N-ethyl adjacent to an activating group) is 1. The van der Waals surface area contributed by atoms with Gasteiger partial charge >= 0.3 is 0 Å². The number of hydrogen-bond acceptors (Lipinski definition) is 8. The average molecular weight is 575 g/mol. The van der Waals surface area contributed by atoms with Crippen molar-refractivity contribution in [2.24, 2.45) is 5.73 Å². The lowest BCUT2D eigenvalue weighted by Gasteiger charge is -2.32. The molecule has 2 fully saturated rings. The first-order valence-electron chi connectivity index (χ1n) is 13.0. The van der Waals surface area contributed by atoms with Crippen molar-refractivity contribution in [3.63, 3.8) is 0 Å². The molecule has 3 aromatic rings. The van der Waals surface area contributed by atoms with Gasteiger partial charge in [0.05, 0.1) is 10.6 Å². The Hall–Kier alpha value is -3.70. The second kappa shape index (κ2) is 12.6. The fourth-order valence-electron chi connectivity index (χ4n) is 4.37. The number of primary amides is 1. The number of nitrogens with zero attached hydrogens (tertiary/aromatic N) is 3. The summed E-state index contributed by atoms with van der Waals surface area (Å²) in [4.78, 5) is 31.4. The quantitative estimate of drug-likeness (QED) is 0.293. The van der Waals surface area contributed by atoms with Gasteiger partial charge in [0.2, 0.25) is 5.91 Å². The molecule has 5 rings (SSSR count). The summed E-state index contributed by atoms with van der Waals surface area (Å²) in [5, 5.41) is 0. The molecule has 0 spiro atoms. The number of carbonyl (C=O) groups excluding carboxylic acids is 2. The Labute approximate surface area is 243 Å². The Morgan fingerprint density at radius 1 is 0.975 bits per heavy atom. The Morgan fingerprint density at radius 2 is 1.65 bits per heavy atom. The van der Waals surface area contributed by atoms with Crippen LogP contribution in [0.15, 0.2) is 77.7 Å². The summed E-state index contributed by atoms with van der Waals surface area (Å²) in [5.41, 5.74) is 7.23. The standard InChI is InChI=1S/C30H30N4O4S2/c1-32-13-15-33(16-14-32)17-18-37-26-4-2-3-23(20-26)34-29(36)27(40-30(34)39)19-21-5-9-24(10-6-21)38-25-11-7-22(8-12-25)28(31)35/h2-12,19-20H,13-18H2,1H3,(H2,31,35)/b27-19-. The summed E-state index contributed by atoms with van der Waals surface area (Å²) in [6.45, 7) is 5.69. The van der Waals surface area contributed by atoms with Gasteiger partial charge in [-0.25, -0.2) is 0 Å². The van der Waals surface area contributed by atoms with Crippen LogP contribution in [0.5, 0.6) is 17.2 Å². The lowest BCUT2D eigenvalue weighted by Crippen LogP contribution is -2.45. The van der Waals surface area contributed by atoms with E-state index in [-0.39, 0.29) is 5.91 Å². The second-order valence-electron chi connectivity index (χ2n) is 9.57. The minimum atomic E-state index is -0.487. The van der Waals surface area contributed by atoms with Gasteiger partial charge in [-0.3, -0.25) is 19.4 Å². The third kappa shape index (κ3) is 6.89. The highest BCUT2D eigenvalue weighted by molar-refractivity contribution is 8.27. The van der Waals surface area contributed by atoms with Gasteiger partial charge in [0.25, 0.3) is 5.91 Å². The third-order valence-electron chi connectivity index (χ3n) is 6.69. The molecule has 2 amide bonds. The van der Waals surface area contributed by atoms with Gasteiger partial charge in [-0.05, 0) is 67.2 Å². The molecule has 10 heteroatoms. The number of amides is 2. The summed E-state index contributed by atoms with van der Waals surface area (Å²) in [6, 6.07) is 21.5. The maximum Gasteiger partial charge on any atom is 0.270 e. The van der Waals surface area contributed by atoms with Gasteiger partial charge in [0, 0.05) is 44.4 Å². The minimum Gasteiger partial charge on any atom is -0.492 e. The third-order valence-corrected chi connectivity index (χ3v) is 8.00. The molecule has 206 valence electrons. The number of carbonyl (C=O) groups is 2. The molecular formula is C30H30N4O4S2. The lowest BCUT2D eigenvalue weighted by molar-refractivity contribution is -0.113. The maximum absolute atomic E-state index is 13.3. The Kier molecular flexibility index (Phi) is 8.81. The molecule has 0 aliphatic carbocycles. The van der Waals surface area contributed by atoms with Gasteiger partial charge in [0.15, 0.2) is 4.32 Å². The number of hydrogen-bond donors (Lipinski definition) is 1. The molecule has 2 heterocycles. The molecule has 0 aromatic heterocycles. The molecule has 0 bridgehead atoms. The molecule has 3 aromatic carbocycles. The fraction of sp³-hybridized carbons (Fsp3) is 0.233. The summed E-state index contributed by atoms with van der Waals surface area (Å²) in [7, 11) is 2.14. The average Bonchev–Trinajstić information content (AvgIpc) is 3.23. The van der Waals surface area contributed by atoms with Crippen LogP contribution in [0, 0.1) is 0 Å². The summed E-state index contributed by atoms with van der Waals surface area (Å²) >= 11 is 6.84. The van der Waals surface area contributed by atoms with Crippen molar-refractivity contribution >= 4 is 51.9 Å². The number of ether oxygens (including phenoxy) is 2. The predicted molar refractivity (Wildman–Crippen MR) is 163 cm³/mol. The van der Waals surface area contributed by atoms with Crippen molar-refractivity contribution < 1.29 is 19.1 Å². The molecule has 2 aliphatic rings. The zero-order valence-corrected chi connectivity index (χ0v) is 23.7. The van der Waals surface area contributed by atoms with E-state index in [0.29, 0.717) is 44.3 Å².